The van der Waals surface area contributed by atoms with E-state index in [1.165, 1.54) is 29.2 Å². The lowest BCUT2D eigenvalue weighted by Crippen LogP contribution is -2.72. The number of primary amides is 1. The van der Waals surface area contributed by atoms with Gasteiger partial charge in [0.25, 0.3) is 0 Å². The summed E-state index contributed by atoms with van der Waals surface area (Å²) < 4.78 is 24.6. The van der Waals surface area contributed by atoms with Gasteiger partial charge in [0.1, 0.15) is 37.0 Å². The summed E-state index contributed by atoms with van der Waals surface area (Å²) in [5.41, 5.74) is 5.82. The molecule has 24 nitrogen and oxygen atoms in total. The molecule has 5 unspecified atom stereocenters. The number of hydrogen-bond donors (Lipinski definition) is 12. The summed E-state index contributed by atoms with van der Waals surface area (Å²) in [6.07, 6.45) is -10.7. The molecule has 2 heterocycles. The smallest absolute Gasteiger partial charge is 0.407 e. The Labute approximate surface area is 378 Å². The lowest BCUT2D eigenvalue weighted by molar-refractivity contribution is -0.319. The number of amides is 9. The number of alkyl carbamates (subject to hydrolysis) is 1. The highest BCUT2D eigenvalue weighted by molar-refractivity contribution is 6.03. The van der Waals surface area contributed by atoms with Crippen molar-refractivity contribution in [1.29, 1.82) is 0 Å². The average molecular weight is 941 g/mol. The Balaban J connectivity index is 1.53. The van der Waals surface area contributed by atoms with E-state index >= 15 is 0 Å². The van der Waals surface area contributed by atoms with Crippen LogP contribution in [0.2, 0.25) is 0 Å². The molecule has 25 heteroatoms. The number of aliphatic hydroxyl groups is 4. The number of aliphatic hydroxyl groups excluding tert-OH is 3. The minimum Gasteiger partial charge on any atom is -0.477 e. The molecule has 0 saturated carbocycles. The Morgan fingerprint density at radius 1 is 0.985 bits per heavy atom. The van der Waals surface area contributed by atoms with Crippen molar-refractivity contribution in [2.75, 3.05) is 25.0 Å². The van der Waals surface area contributed by atoms with Gasteiger partial charge in [-0.15, -0.1) is 0 Å². The predicted molar refractivity (Wildman–Crippen MR) is 226 cm³/mol. The molecule has 1 aromatic carbocycles. The van der Waals surface area contributed by atoms with Crippen LogP contribution in [0.15, 0.2) is 24.3 Å². The van der Waals surface area contributed by atoms with Gasteiger partial charge in [-0.2, -0.15) is 0 Å². The van der Waals surface area contributed by atoms with E-state index in [-0.39, 0.29) is 74.7 Å². The number of anilines is 1. The zero-order valence-corrected chi connectivity index (χ0v) is 37.0. The molecule has 0 bridgehead atoms. The molecule has 2 saturated heterocycles. The number of nitrogens with two attached hydrogens (primary N) is 1. The quantitative estimate of drug-likeness (QED) is 0.0393. The number of rotatable bonds is 24. The maximum absolute atomic E-state index is 14.6. The van der Waals surface area contributed by atoms with E-state index in [0.29, 0.717) is 24.8 Å². The average Bonchev–Trinajstić information content (AvgIpc) is 3.50. The van der Waals surface area contributed by atoms with Crippen LogP contribution in [0.1, 0.15) is 78.2 Å². The second-order valence-corrected chi connectivity index (χ2v) is 16.5. The molecule has 66 heavy (non-hydrogen) atoms. The number of likely N-dealkylation sites (tertiary alicyclic amines) is 1. The number of halogens is 1. The number of ether oxygens (including phenoxy) is 2. The van der Waals surface area contributed by atoms with Crippen LogP contribution in [0.4, 0.5) is 19.7 Å². The van der Waals surface area contributed by atoms with E-state index in [1.807, 2.05) is 0 Å². The number of carboxylic acid groups (broad SMARTS) is 1. The first-order valence-corrected chi connectivity index (χ1v) is 21.3. The van der Waals surface area contributed by atoms with Gasteiger partial charge >= 0.3 is 23.9 Å². The Kier molecular flexibility index (Phi) is 20.6. The Hall–Kier alpha value is -6.02. The molecule has 0 radical (unpaired) electrons. The summed E-state index contributed by atoms with van der Waals surface area (Å²) in [4.78, 5) is 112. The minimum atomic E-state index is -3.66. The number of carboxylic acids is 1. The van der Waals surface area contributed by atoms with Crippen LogP contribution in [-0.2, 0) is 49.6 Å². The van der Waals surface area contributed by atoms with Crippen molar-refractivity contribution in [2.24, 2.45) is 17.6 Å². The Bertz CT molecular complexity index is 1910. The fourth-order valence-corrected chi connectivity index (χ4v) is 7.09. The van der Waals surface area contributed by atoms with Gasteiger partial charge in [0.15, 0.2) is 6.17 Å². The summed E-state index contributed by atoms with van der Waals surface area (Å²) >= 11 is 0. The van der Waals surface area contributed by atoms with Crippen LogP contribution in [0.25, 0.3) is 0 Å². The minimum absolute atomic E-state index is 0.0539. The normalized spacial score (nSPS) is 23.5. The maximum Gasteiger partial charge on any atom is 0.407 e. The van der Waals surface area contributed by atoms with Crippen molar-refractivity contribution < 1.29 is 82.5 Å². The predicted octanol–water partition coefficient (Wildman–Crippen LogP) is -2.02. The van der Waals surface area contributed by atoms with Gasteiger partial charge in [-0.25, -0.2) is 18.8 Å². The standard InChI is InChI=1S/C41H61FN8O16/c1-20(2)29(49-27(53)10-6-5-7-16-50-28(54)17-21(3)37(50)59)36(58)48-25(9-8-15-44-39(43)62)35(57)47-24-13-11-23(12-14-24)19-65-40(63)45-18-26(52)31(55)33-30(46-22(4)51)32(56)34(42)41(64,66-33)38(60)61/h11-14,20-21,25-26,29-34,52,55-56,64H,5-10,15-19H2,1-4H3,(H,45,63)(H,46,51)(H,47,57)(H,48,58)(H,49,53)(H,60,61)(H3,43,44,62)/t21?,25?,26-,29?,30-,31-,32-,33-,34?,41?/m1/s1. The molecule has 2 aliphatic rings. The molecular formula is C41H61FN8O16. The van der Waals surface area contributed by atoms with Gasteiger partial charge in [-0.05, 0) is 49.3 Å². The lowest BCUT2D eigenvalue weighted by atomic mass is 9.87. The van der Waals surface area contributed by atoms with Gasteiger partial charge < -0.3 is 72.6 Å². The summed E-state index contributed by atoms with van der Waals surface area (Å²) in [5.74, 6) is -9.59. The number of nitrogens with one attached hydrogen (secondary N) is 6. The number of hydrogen-bond acceptors (Lipinski definition) is 15. The second kappa shape index (κ2) is 25.0. The van der Waals surface area contributed by atoms with Crippen LogP contribution >= 0.6 is 0 Å². The molecule has 3 rings (SSSR count). The molecule has 0 aliphatic carbocycles. The third kappa shape index (κ3) is 15.6. The lowest BCUT2D eigenvalue weighted by Gasteiger charge is -2.46. The monoisotopic (exact) mass is 940 g/mol. The number of unbranched alkanes of at least 4 members (excludes halogenated alkanes) is 2. The fraction of sp³-hybridized carbons (Fsp3) is 0.634. The first kappa shape index (κ1) is 54.3. The van der Waals surface area contributed by atoms with E-state index in [2.05, 4.69) is 31.9 Å². The summed E-state index contributed by atoms with van der Waals surface area (Å²) in [6.45, 7) is 5.34. The van der Waals surface area contributed by atoms with Crippen molar-refractivity contribution in [1.82, 2.24) is 31.5 Å². The van der Waals surface area contributed by atoms with Crippen molar-refractivity contribution in [2.45, 2.75) is 134 Å². The fourth-order valence-electron chi connectivity index (χ4n) is 7.09. The third-order valence-corrected chi connectivity index (χ3v) is 10.8. The number of urea groups is 1. The molecular weight excluding hydrogens is 879 g/mol. The maximum atomic E-state index is 14.6. The Morgan fingerprint density at radius 2 is 1.65 bits per heavy atom. The number of aliphatic carboxylic acids is 1. The van der Waals surface area contributed by atoms with Crippen LogP contribution in [0, 0.1) is 11.8 Å². The van der Waals surface area contributed by atoms with Gasteiger partial charge in [-0.1, -0.05) is 39.3 Å². The SMILES string of the molecule is CC(=O)N[C@H]1[C@H]([C@H](O)[C@H](O)CNC(=O)OCc2ccc(NC(=O)C(CCCNC(N)=O)NC(=O)C(NC(=O)CCCCCN3C(=O)CC(C)C3=O)C(C)C)cc2)OC(O)(C(=O)O)C(F)[C@@H]1O. The highest BCUT2D eigenvalue weighted by Gasteiger charge is 2.61. The molecule has 9 amide bonds. The van der Waals surface area contributed by atoms with Gasteiger partial charge in [-0.3, -0.25) is 33.7 Å². The van der Waals surface area contributed by atoms with E-state index in [1.54, 1.807) is 20.8 Å². The largest absolute Gasteiger partial charge is 0.477 e. The van der Waals surface area contributed by atoms with Crippen LogP contribution in [0.3, 0.4) is 0 Å². The molecule has 368 valence electrons. The number of benzene rings is 1. The van der Waals surface area contributed by atoms with E-state index < -0.39 is 103 Å². The molecule has 13 N–H and O–H groups in total. The number of nitrogens with zero attached hydrogens (tertiary/aromatic N) is 1. The van der Waals surface area contributed by atoms with Crippen molar-refractivity contribution in [3.8, 4) is 0 Å². The van der Waals surface area contributed by atoms with Crippen LogP contribution in [-0.4, -0.2) is 158 Å². The highest BCUT2D eigenvalue weighted by Crippen LogP contribution is 2.33. The van der Waals surface area contributed by atoms with Gasteiger partial charge in [0, 0.05) is 51.0 Å². The van der Waals surface area contributed by atoms with Crippen molar-refractivity contribution in [3.05, 3.63) is 29.8 Å². The van der Waals surface area contributed by atoms with Crippen molar-refractivity contribution in [3.63, 3.8) is 0 Å². The molecule has 0 spiro atoms. The number of carbonyl (C=O) groups excluding carboxylic acids is 8. The molecule has 2 aliphatic heterocycles. The molecule has 0 aromatic heterocycles. The molecule has 2 fully saturated rings. The van der Waals surface area contributed by atoms with Gasteiger partial charge in [0.2, 0.25) is 35.4 Å². The number of imide groups is 1. The molecule has 1 aromatic rings. The highest BCUT2D eigenvalue weighted by atomic mass is 19.1. The first-order chi connectivity index (χ1) is 31.0. The van der Waals surface area contributed by atoms with E-state index in [9.17, 15) is 73.1 Å². The summed E-state index contributed by atoms with van der Waals surface area (Å²) in [5, 5.41) is 65.7. The van der Waals surface area contributed by atoms with Crippen LogP contribution in [0.5, 0.6) is 0 Å². The van der Waals surface area contributed by atoms with E-state index in [0.717, 1.165) is 6.92 Å². The number of alkyl halides is 1. The van der Waals surface area contributed by atoms with Crippen molar-refractivity contribution >= 4 is 59.2 Å². The number of carbonyl (C=O) groups is 9. The van der Waals surface area contributed by atoms with Crippen LogP contribution < -0.4 is 37.6 Å². The first-order valence-electron chi connectivity index (χ1n) is 21.3. The third-order valence-electron chi connectivity index (χ3n) is 10.8. The molecule has 10 atom stereocenters. The summed E-state index contributed by atoms with van der Waals surface area (Å²) in [7, 11) is 0. The zero-order valence-electron chi connectivity index (χ0n) is 37.0. The second-order valence-electron chi connectivity index (χ2n) is 16.5. The summed E-state index contributed by atoms with van der Waals surface area (Å²) in [6, 6.07) is 1.12. The zero-order chi connectivity index (χ0) is 49.5. The Morgan fingerprint density at radius 3 is 2.23 bits per heavy atom. The topological polar surface area (TPSA) is 375 Å². The van der Waals surface area contributed by atoms with Gasteiger partial charge in [0.05, 0.1) is 12.1 Å². The van der Waals surface area contributed by atoms with E-state index in [4.69, 9.17) is 15.2 Å².